The topological polar surface area (TPSA) is 52.6 Å². The van der Waals surface area contributed by atoms with Crippen LogP contribution in [0.15, 0.2) is 24.3 Å². The molecule has 1 fully saturated rings. The molecule has 0 aromatic heterocycles. The Morgan fingerprint density at radius 1 is 1.56 bits per heavy atom. The van der Waals surface area contributed by atoms with Crippen LogP contribution >= 0.6 is 0 Å². The van der Waals surface area contributed by atoms with Gasteiger partial charge in [0.1, 0.15) is 5.82 Å². The number of nitrogens with zero attached hydrogens (tertiary/aromatic N) is 1. The number of rotatable bonds is 3. The van der Waals surface area contributed by atoms with Crippen LogP contribution < -0.4 is 5.32 Å². The van der Waals surface area contributed by atoms with Gasteiger partial charge in [0.25, 0.3) is 5.91 Å². The molecule has 0 spiro atoms. The molecule has 0 bridgehead atoms. The summed E-state index contributed by atoms with van der Waals surface area (Å²) in [7, 11) is 1.57. The molecule has 18 heavy (non-hydrogen) atoms. The summed E-state index contributed by atoms with van der Waals surface area (Å²) in [5, 5.41) is 13.2. The Bertz CT molecular complexity index is 444. The van der Waals surface area contributed by atoms with E-state index >= 15 is 0 Å². The van der Waals surface area contributed by atoms with Gasteiger partial charge in [-0.15, -0.1) is 0 Å². The second kappa shape index (κ2) is 5.04. The van der Waals surface area contributed by atoms with Crippen LogP contribution in [0.1, 0.15) is 16.8 Å². The summed E-state index contributed by atoms with van der Waals surface area (Å²) >= 11 is 0. The van der Waals surface area contributed by atoms with Crippen molar-refractivity contribution in [3.05, 3.63) is 35.6 Å². The van der Waals surface area contributed by atoms with Gasteiger partial charge >= 0.3 is 0 Å². The van der Waals surface area contributed by atoms with Crippen LogP contribution in [-0.2, 0) is 0 Å². The lowest BCUT2D eigenvalue weighted by Gasteiger charge is -2.28. The minimum atomic E-state index is -0.907. The van der Waals surface area contributed by atoms with E-state index in [4.69, 9.17) is 0 Å². The third-order valence-corrected chi connectivity index (χ3v) is 3.20. The van der Waals surface area contributed by atoms with Gasteiger partial charge < -0.3 is 15.3 Å². The van der Waals surface area contributed by atoms with Crippen LogP contribution in [0, 0.1) is 5.82 Å². The molecule has 98 valence electrons. The molecule has 1 unspecified atom stereocenters. The van der Waals surface area contributed by atoms with E-state index in [-0.39, 0.29) is 12.1 Å². The van der Waals surface area contributed by atoms with Crippen molar-refractivity contribution < 1.29 is 14.3 Å². The Kier molecular flexibility index (Phi) is 3.63. The molecule has 4 nitrogen and oxygen atoms in total. The highest BCUT2D eigenvalue weighted by Crippen LogP contribution is 2.17. The summed E-state index contributed by atoms with van der Waals surface area (Å²) in [6, 6.07) is 5.87. The Labute approximate surface area is 105 Å². The van der Waals surface area contributed by atoms with Crippen LogP contribution in [0.25, 0.3) is 0 Å². The van der Waals surface area contributed by atoms with E-state index in [1.54, 1.807) is 19.2 Å². The van der Waals surface area contributed by atoms with Crippen molar-refractivity contribution in [2.45, 2.75) is 12.0 Å². The smallest absolute Gasteiger partial charge is 0.256 e. The summed E-state index contributed by atoms with van der Waals surface area (Å²) < 4.78 is 13.5. The summed E-state index contributed by atoms with van der Waals surface area (Å²) in [5.74, 6) is -0.945. The molecule has 2 rings (SSSR count). The summed E-state index contributed by atoms with van der Waals surface area (Å²) in [6.07, 6.45) is 0.599. The minimum absolute atomic E-state index is 0.0366. The summed E-state index contributed by atoms with van der Waals surface area (Å²) in [4.78, 5) is 13.4. The highest BCUT2D eigenvalue weighted by atomic mass is 19.1. The Hall–Kier alpha value is -1.46. The normalized spacial score (nSPS) is 23.1. The Morgan fingerprint density at radius 3 is 2.89 bits per heavy atom. The number of aliphatic hydroxyl groups is 1. The van der Waals surface area contributed by atoms with Gasteiger partial charge in [-0.3, -0.25) is 4.79 Å². The number of hydrogen-bond donors (Lipinski definition) is 2. The molecule has 5 heteroatoms. The molecule has 0 radical (unpaired) electrons. The zero-order valence-electron chi connectivity index (χ0n) is 10.3. The molecule has 1 aliphatic heterocycles. The predicted molar refractivity (Wildman–Crippen MR) is 65.8 cm³/mol. The van der Waals surface area contributed by atoms with Crippen molar-refractivity contribution in [2.75, 3.05) is 26.7 Å². The average Bonchev–Trinajstić information content (AvgIpc) is 2.75. The maximum Gasteiger partial charge on any atom is 0.256 e. The van der Waals surface area contributed by atoms with Crippen LogP contribution in [0.5, 0.6) is 0 Å². The first-order chi connectivity index (χ1) is 8.52. The maximum absolute atomic E-state index is 13.5. The lowest BCUT2D eigenvalue weighted by Crippen LogP contribution is -2.45. The quantitative estimate of drug-likeness (QED) is 0.829. The fourth-order valence-corrected chi connectivity index (χ4v) is 2.22. The van der Waals surface area contributed by atoms with E-state index in [1.165, 1.54) is 17.0 Å². The van der Waals surface area contributed by atoms with Gasteiger partial charge in [0, 0.05) is 13.6 Å². The van der Waals surface area contributed by atoms with E-state index in [0.29, 0.717) is 13.0 Å². The standard InChI is InChI=1S/C13H17FN2O2/c1-16(9-13(18)6-7-15-8-13)12(17)10-4-2-3-5-11(10)14/h2-5,15,18H,6-9H2,1H3. The van der Waals surface area contributed by atoms with Crippen LogP contribution in [-0.4, -0.2) is 48.2 Å². The van der Waals surface area contributed by atoms with Gasteiger partial charge in [0.05, 0.1) is 17.7 Å². The summed E-state index contributed by atoms with van der Waals surface area (Å²) in [5.41, 5.74) is -0.870. The van der Waals surface area contributed by atoms with Crippen LogP contribution in [0.3, 0.4) is 0 Å². The van der Waals surface area contributed by atoms with Crippen LogP contribution in [0.2, 0.25) is 0 Å². The van der Waals surface area contributed by atoms with E-state index in [0.717, 1.165) is 6.54 Å². The van der Waals surface area contributed by atoms with Crippen molar-refractivity contribution in [2.24, 2.45) is 0 Å². The molecule has 1 amide bonds. The molecular formula is C13H17FN2O2. The lowest BCUT2D eigenvalue weighted by atomic mass is 10.0. The zero-order chi connectivity index (χ0) is 13.2. The maximum atomic E-state index is 13.5. The van der Waals surface area contributed by atoms with E-state index in [2.05, 4.69) is 5.32 Å². The number of carbonyl (C=O) groups excluding carboxylic acids is 1. The van der Waals surface area contributed by atoms with Crippen molar-refractivity contribution in [3.8, 4) is 0 Å². The number of carbonyl (C=O) groups is 1. The van der Waals surface area contributed by atoms with Crippen molar-refractivity contribution in [1.29, 1.82) is 0 Å². The Balaban J connectivity index is 2.07. The molecule has 1 atom stereocenters. The molecule has 0 aliphatic carbocycles. The van der Waals surface area contributed by atoms with Gasteiger partial charge in [-0.2, -0.15) is 0 Å². The van der Waals surface area contributed by atoms with Gasteiger partial charge in [-0.05, 0) is 25.1 Å². The third-order valence-electron chi connectivity index (χ3n) is 3.20. The highest BCUT2D eigenvalue weighted by molar-refractivity contribution is 5.94. The van der Waals surface area contributed by atoms with Crippen molar-refractivity contribution >= 4 is 5.91 Å². The number of amides is 1. The molecule has 1 aromatic rings. The third kappa shape index (κ3) is 2.68. The SMILES string of the molecule is CN(CC1(O)CCNC1)C(=O)c1ccccc1F. The average molecular weight is 252 g/mol. The second-order valence-electron chi connectivity index (χ2n) is 4.79. The van der Waals surface area contributed by atoms with Gasteiger partial charge in [-0.25, -0.2) is 4.39 Å². The number of benzene rings is 1. The molecule has 2 N–H and O–H groups in total. The fourth-order valence-electron chi connectivity index (χ4n) is 2.22. The first-order valence-corrected chi connectivity index (χ1v) is 5.95. The monoisotopic (exact) mass is 252 g/mol. The van der Waals surface area contributed by atoms with Gasteiger partial charge in [-0.1, -0.05) is 12.1 Å². The fraction of sp³-hybridized carbons (Fsp3) is 0.462. The minimum Gasteiger partial charge on any atom is -0.387 e. The molecular weight excluding hydrogens is 235 g/mol. The second-order valence-corrected chi connectivity index (χ2v) is 4.79. The summed E-state index contributed by atoms with van der Waals surface area (Å²) in [6.45, 7) is 1.40. The first-order valence-electron chi connectivity index (χ1n) is 5.95. The number of halogens is 1. The zero-order valence-corrected chi connectivity index (χ0v) is 10.3. The lowest BCUT2D eigenvalue weighted by molar-refractivity contribution is 0.0250. The predicted octanol–water partition coefficient (Wildman–Crippen LogP) is 0.622. The number of hydrogen-bond acceptors (Lipinski definition) is 3. The molecule has 1 aromatic carbocycles. The first kappa shape index (κ1) is 13.0. The largest absolute Gasteiger partial charge is 0.387 e. The Morgan fingerprint density at radius 2 is 2.28 bits per heavy atom. The number of nitrogens with one attached hydrogen (secondary N) is 1. The van der Waals surface area contributed by atoms with Crippen LogP contribution in [0.4, 0.5) is 4.39 Å². The molecule has 0 saturated carbocycles. The molecule has 1 aliphatic rings. The van der Waals surface area contributed by atoms with E-state index < -0.39 is 17.3 Å². The van der Waals surface area contributed by atoms with Crippen molar-refractivity contribution in [1.82, 2.24) is 10.2 Å². The van der Waals surface area contributed by atoms with E-state index in [1.807, 2.05) is 0 Å². The van der Waals surface area contributed by atoms with E-state index in [9.17, 15) is 14.3 Å². The number of likely N-dealkylation sites (N-methyl/N-ethyl adjacent to an activating group) is 1. The molecule has 1 saturated heterocycles. The number of β-amino-alcohol motifs (C(OH)–C–C–N with tert-alkyl or cyclic N) is 1. The van der Waals surface area contributed by atoms with Crippen molar-refractivity contribution in [3.63, 3.8) is 0 Å². The van der Waals surface area contributed by atoms with Gasteiger partial charge in [0.2, 0.25) is 0 Å². The highest BCUT2D eigenvalue weighted by Gasteiger charge is 2.33. The molecule has 1 heterocycles. The van der Waals surface area contributed by atoms with Gasteiger partial charge in [0.15, 0.2) is 0 Å².